The van der Waals surface area contributed by atoms with E-state index in [4.69, 9.17) is 4.74 Å². The zero-order valence-electron chi connectivity index (χ0n) is 23.0. The summed E-state index contributed by atoms with van der Waals surface area (Å²) in [5.74, 6) is 0.318. The standard InChI is InChI=1S/C33H39N3O3/c1-3-35-19-10-15-28(35)22-34-32(37)31-30-17-16-29(39-23-25-11-6-4-7-12-25)21-27(30)18-20-36(31)33(38)24(2)26-13-8-5-9-14-26/h4-9,11-14,16-17,21,24,28,31H,3,10,15,18-20,22-23H2,1-2H3,(H,34,37). The highest BCUT2D eigenvalue weighted by molar-refractivity contribution is 5.92. The zero-order chi connectivity index (χ0) is 27.2. The molecule has 1 fully saturated rings. The highest BCUT2D eigenvalue weighted by Crippen LogP contribution is 2.35. The molecule has 39 heavy (non-hydrogen) atoms. The van der Waals surface area contributed by atoms with Crippen molar-refractivity contribution in [2.24, 2.45) is 0 Å². The zero-order valence-corrected chi connectivity index (χ0v) is 23.0. The minimum atomic E-state index is -0.660. The molecule has 2 heterocycles. The Morgan fingerprint density at radius 1 is 1.00 bits per heavy atom. The first-order valence-electron chi connectivity index (χ1n) is 14.2. The van der Waals surface area contributed by atoms with E-state index in [9.17, 15) is 9.59 Å². The molecule has 3 unspecified atom stereocenters. The summed E-state index contributed by atoms with van der Waals surface area (Å²) >= 11 is 0. The summed E-state index contributed by atoms with van der Waals surface area (Å²) in [4.78, 5) is 31.9. The molecular weight excluding hydrogens is 486 g/mol. The number of amides is 2. The molecule has 0 bridgehead atoms. The number of carbonyl (C=O) groups is 2. The van der Waals surface area contributed by atoms with Crippen LogP contribution in [0, 0.1) is 0 Å². The van der Waals surface area contributed by atoms with Gasteiger partial charge in [0.2, 0.25) is 11.8 Å². The SMILES string of the molecule is CCN1CCCC1CNC(=O)C1c2ccc(OCc3ccccc3)cc2CCN1C(=O)C(C)c1ccccc1. The van der Waals surface area contributed by atoms with Gasteiger partial charge in [-0.05, 0) is 73.7 Å². The van der Waals surface area contributed by atoms with Crippen LogP contribution in [-0.2, 0) is 22.6 Å². The monoisotopic (exact) mass is 525 g/mol. The number of rotatable bonds is 9. The molecule has 3 aromatic rings. The number of likely N-dealkylation sites (tertiary alicyclic amines) is 1. The van der Waals surface area contributed by atoms with Crippen LogP contribution in [0.5, 0.6) is 5.75 Å². The van der Waals surface area contributed by atoms with Crippen molar-refractivity contribution in [3.63, 3.8) is 0 Å². The van der Waals surface area contributed by atoms with E-state index < -0.39 is 6.04 Å². The van der Waals surface area contributed by atoms with Crippen molar-refractivity contribution in [1.82, 2.24) is 15.1 Å². The van der Waals surface area contributed by atoms with Gasteiger partial charge in [-0.3, -0.25) is 14.5 Å². The van der Waals surface area contributed by atoms with Gasteiger partial charge in [0.25, 0.3) is 0 Å². The van der Waals surface area contributed by atoms with Crippen LogP contribution in [0.3, 0.4) is 0 Å². The molecule has 2 aliphatic heterocycles. The fraction of sp³-hybridized carbons (Fsp3) is 0.394. The maximum atomic E-state index is 13.8. The second-order valence-corrected chi connectivity index (χ2v) is 10.6. The van der Waals surface area contributed by atoms with Gasteiger partial charge in [-0.1, -0.05) is 73.7 Å². The van der Waals surface area contributed by atoms with Crippen LogP contribution < -0.4 is 10.1 Å². The molecule has 0 saturated carbocycles. The predicted octanol–water partition coefficient (Wildman–Crippen LogP) is 5.10. The Balaban J connectivity index is 1.38. The quantitative estimate of drug-likeness (QED) is 0.423. The van der Waals surface area contributed by atoms with Crippen LogP contribution >= 0.6 is 0 Å². The van der Waals surface area contributed by atoms with Gasteiger partial charge < -0.3 is 15.0 Å². The van der Waals surface area contributed by atoms with Crippen molar-refractivity contribution in [2.75, 3.05) is 26.2 Å². The molecule has 0 radical (unpaired) electrons. The summed E-state index contributed by atoms with van der Waals surface area (Å²) in [5, 5.41) is 3.22. The van der Waals surface area contributed by atoms with Crippen LogP contribution in [-0.4, -0.2) is 53.8 Å². The van der Waals surface area contributed by atoms with Gasteiger partial charge in [0.1, 0.15) is 18.4 Å². The highest BCUT2D eigenvalue weighted by Gasteiger charge is 2.38. The van der Waals surface area contributed by atoms with E-state index in [0.29, 0.717) is 32.2 Å². The summed E-state index contributed by atoms with van der Waals surface area (Å²) in [6.07, 6.45) is 2.93. The summed E-state index contributed by atoms with van der Waals surface area (Å²) in [6.45, 7) is 7.74. The topological polar surface area (TPSA) is 61.9 Å². The van der Waals surface area contributed by atoms with Crippen molar-refractivity contribution in [3.8, 4) is 5.75 Å². The fourth-order valence-corrected chi connectivity index (χ4v) is 5.94. The Hall–Kier alpha value is -3.64. The molecule has 204 valence electrons. The first kappa shape index (κ1) is 26.9. The Morgan fingerprint density at radius 3 is 2.49 bits per heavy atom. The van der Waals surface area contributed by atoms with Crippen LogP contribution in [0.25, 0.3) is 0 Å². The first-order chi connectivity index (χ1) is 19.0. The largest absolute Gasteiger partial charge is 0.489 e. The molecule has 0 aliphatic carbocycles. The van der Waals surface area contributed by atoms with Gasteiger partial charge in [-0.15, -0.1) is 0 Å². The van der Waals surface area contributed by atoms with E-state index in [1.807, 2.05) is 85.8 Å². The molecule has 0 spiro atoms. The third-order valence-electron chi connectivity index (χ3n) is 8.21. The number of hydrogen-bond acceptors (Lipinski definition) is 4. The van der Waals surface area contributed by atoms with E-state index in [0.717, 1.165) is 53.9 Å². The Bertz CT molecular complexity index is 1260. The average molecular weight is 526 g/mol. The Kier molecular flexibility index (Phi) is 8.62. The first-order valence-corrected chi connectivity index (χ1v) is 14.2. The van der Waals surface area contributed by atoms with E-state index in [2.05, 4.69) is 17.1 Å². The third-order valence-corrected chi connectivity index (χ3v) is 8.21. The molecule has 3 atom stereocenters. The van der Waals surface area contributed by atoms with E-state index >= 15 is 0 Å². The van der Waals surface area contributed by atoms with Crippen molar-refractivity contribution in [1.29, 1.82) is 0 Å². The molecular formula is C33H39N3O3. The molecule has 3 aromatic carbocycles. The molecule has 5 rings (SSSR count). The van der Waals surface area contributed by atoms with E-state index in [1.54, 1.807) is 4.90 Å². The second-order valence-electron chi connectivity index (χ2n) is 10.6. The summed E-state index contributed by atoms with van der Waals surface area (Å²) in [5.41, 5.74) is 4.01. The number of likely N-dealkylation sites (N-methyl/N-ethyl adjacent to an activating group) is 1. The Labute approximate surface area is 232 Å². The average Bonchev–Trinajstić information content (AvgIpc) is 3.46. The number of carbonyl (C=O) groups excluding carboxylic acids is 2. The number of nitrogens with one attached hydrogen (secondary N) is 1. The lowest BCUT2D eigenvalue weighted by molar-refractivity contribution is -0.142. The normalized spacial score (nSPS) is 19.8. The fourth-order valence-electron chi connectivity index (χ4n) is 5.94. The lowest BCUT2D eigenvalue weighted by atomic mass is 9.89. The number of hydrogen-bond donors (Lipinski definition) is 1. The summed E-state index contributed by atoms with van der Waals surface area (Å²) in [6, 6.07) is 25.5. The lowest BCUT2D eigenvalue weighted by Crippen LogP contribution is -2.50. The van der Waals surface area contributed by atoms with E-state index in [1.165, 1.54) is 0 Å². The lowest BCUT2D eigenvalue weighted by Gasteiger charge is -2.38. The third kappa shape index (κ3) is 6.17. The van der Waals surface area contributed by atoms with Gasteiger partial charge in [-0.2, -0.15) is 0 Å². The summed E-state index contributed by atoms with van der Waals surface area (Å²) < 4.78 is 6.08. The molecule has 6 heteroatoms. The van der Waals surface area contributed by atoms with Gasteiger partial charge in [0.05, 0.1) is 5.92 Å². The van der Waals surface area contributed by atoms with Crippen LogP contribution in [0.2, 0.25) is 0 Å². The summed E-state index contributed by atoms with van der Waals surface area (Å²) in [7, 11) is 0. The van der Waals surface area contributed by atoms with Gasteiger partial charge in [-0.25, -0.2) is 0 Å². The maximum Gasteiger partial charge on any atom is 0.247 e. The minimum Gasteiger partial charge on any atom is -0.489 e. The second kappa shape index (κ2) is 12.5. The Morgan fingerprint density at radius 2 is 1.74 bits per heavy atom. The molecule has 6 nitrogen and oxygen atoms in total. The molecule has 2 amide bonds. The molecule has 1 saturated heterocycles. The van der Waals surface area contributed by atoms with Crippen LogP contribution in [0.4, 0.5) is 0 Å². The number of benzene rings is 3. The number of fused-ring (bicyclic) bond motifs is 1. The van der Waals surface area contributed by atoms with Crippen molar-refractivity contribution < 1.29 is 14.3 Å². The predicted molar refractivity (Wildman–Crippen MR) is 154 cm³/mol. The number of nitrogens with zero attached hydrogens (tertiary/aromatic N) is 2. The highest BCUT2D eigenvalue weighted by atomic mass is 16.5. The van der Waals surface area contributed by atoms with Crippen molar-refractivity contribution in [2.45, 2.75) is 57.7 Å². The molecule has 0 aromatic heterocycles. The van der Waals surface area contributed by atoms with Gasteiger partial charge in [0.15, 0.2) is 0 Å². The smallest absolute Gasteiger partial charge is 0.247 e. The molecule has 2 aliphatic rings. The number of ether oxygens (including phenoxy) is 1. The van der Waals surface area contributed by atoms with Gasteiger partial charge in [0, 0.05) is 19.1 Å². The van der Waals surface area contributed by atoms with Crippen molar-refractivity contribution >= 4 is 11.8 Å². The van der Waals surface area contributed by atoms with Gasteiger partial charge >= 0.3 is 0 Å². The van der Waals surface area contributed by atoms with Crippen LogP contribution in [0.15, 0.2) is 78.9 Å². The molecule has 1 N–H and O–H groups in total. The van der Waals surface area contributed by atoms with Crippen LogP contribution in [0.1, 0.15) is 60.9 Å². The maximum absolute atomic E-state index is 13.8. The van der Waals surface area contributed by atoms with E-state index in [-0.39, 0.29) is 17.7 Å². The van der Waals surface area contributed by atoms with Crippen molar-refractivity contribution in [3.05, 3.63) is 101 Å². The minimum absolute atomic E-state index is 0.0209.